The van der Waals surface area contributed by atoms with Gasteiger partial charge in [0.2, 0.25) is 0 Å². The Bertz CT molecular complexity index is 958. The zero-order chi connectivity index (χ0) is 20.9. The maximum Gasteiger partial charge on any atom is 0.253 e. The van der Waals surface area contributed by atoms with Crippen molar-refractivity contribution in [2.75, 3.05) is 14.1 Å². The Morgan fingerprint density at radius 1 is 1.13 bits per heavy atom. The van der Waals surface area contributed by atoms with Crippen LogP contribution in [0, 0.1) is 0 Å². The average molecular weight is 441 g/mol. The predicted molar refractivity (Wildman–Crippen MR) is 123 cm³/mol. The molecule has 158 valence electrons. The third kappa shape index (κ3) is 4.95. The summed E-state index contributed by atoms with van der Waals surface area (Å²) in [4.78, 5) is 15.0. The van der Waals surface area contributed by atoms with E-state index in [-0.39, 0.29) is 5.91 Å². The van der Waals surface area contributed by atoms with Crippen molar-refractivity contribution in [2.24, 2.45) is 0 Å². The van der Waals surface area contributed by atoms with Crippen molar-refractivity contribution >= 4 is 29.0 Å². The van der Waals surface area contributed by atoms with E-state index in [4.69, 9.17) is 0 Å². The lowest BCUT2D eigenvalue weighted by Crippen LogP contribution is -2.21. The van der Waals surface area contributed by atoms with Crippen molar-refractivity contribution in [1.29, 1.82) is 0 Å². The maximum absolute atomic E-state index is 12.1. The third-order valence-electron chi connectivity index (χ3n) is 5.56. The van der Waals surface area contributed by atoms with E-state index >= 15 is 0 Å². The Hall–Kier alpha value is -2.12. The second-order valence-corrected chi connectivity index (χ2v) is 9.98. The number of rotatable bonds is 7. The fourth-order valence-corrected chi connectivity index (χ4v) is 5.63. The van der Waals surface area contributed by atoms with E-state index in [0.717, 1.165) is 28.7 Å². The second kappa shape index (κ2) is 9.79. The summed E-state index contributed by atoms with van der Waals surface area (Å²) in [6, 6.07) is 12.7. The van der Waals surface area contributed by atoms with Crippen LogP contribution in [0.25, 0.3) is 0 Å². The zero-order valence-corrected chi connectivity index (χ0v) is 19.2. The summed E-state index contributed by atoms with van der Waals surface area (Å²) < 4.78 is 2.41. The van der Waals surface area contributed by atoms with Gasteiger partial charge in [-0.2, -0.15) is 0 Å². The zero-order valence-electron chi connectivity index (χ0n) is 17.6. The molecule has 0 unspecified atom stereocenters. The van der Waals surface area contributed by atoms with Gasteiger partial charge in [0.1, 0.15) is 5.82 Å². The van der Waals surface area contributed by atoms with Crippen LogP contribution in [0.3, 0.4) is 0 Å². The lowest BCUT2D eigenvalue weighted by atomic mass is 9.95. The summed E-state index contributed by atoms with van der Waals surface area (Å²) in [5.74, 6) is 1.93. The molecule has 0 spiro atoms. The lowest BCUT2D eigenvalue weighted by molar-refractivity contribution is 0.0827. The molecule has 0 radical (unpaired) electrons. The van der Waals surface area contributed by atoms with Gasteiger partial charge in [0.05, 0.1) is 0 Å². The van der Waals surface area contributed by atoms with Crippen LogP contribution in [0.1, 0.15) is 64.8 Å². The van der Waals surface area contributed by atoms with Gasteiger partial charge in [-0.25, -0.2) is 0 Å². The van der Waals surface area contributed by atoms with Crippen LogP contribution in [0.5, 0.6) is 0 Å². The molecular weight excluding hydrogens is 412 g/mol. The first-order valence-electron chi connectivity index (χ1n) is 10.5. The second-order valence-electron chi connectivity index (χ2n) is 8.00. The van der Waals surface area contributed by atoms with Crippen molar-refractivity contribution in [3.63, 3.8) is 0 Å². The summed E-state index contributed by atoms with van der Waals surface area (Å²) in [6.45, 7) is 0. The van der Waals surface area contributed by atoms with Crippen molar-refractivity contribution in [2.45, 2.75) is 55.5 Å². The van der Waals surface area contributed by atoms with Gasteiger partial charge in [-0.1, -0.05) is 49.2 Å². The SMILES string of the molecule is CN(C)C(=O)c1ccc(CSc2nnc(Cc3cccs3)n2C2CCCCC2)cc1. The molecule has 2 heterocycles. The first-order valence-corrected chi connectivity index (χ1v) is 12.4. The fourth-order valence-electron chi connectivity index (χ4n) is 3.95. The summed E-state index contributed by atoms with van der Waals surface area (Å²) in [7, 11) is 3.55. The number of thioether (sulfide) groups is 1. The first kappa shape index (κ1) is 21.1. The number of benzene rings is 1. The minimum atomic E-state index is 0.0319. The molecule has 2 aromatic heterocycles. The Labute approximate surface area is 186 Å². The van der Waals surface area contributed by atoms with Crippen molar-refractivity contribution in [3.8, 4) is 0 Å². The Morgan fingerprint density at radius 3 is 2.57 bits per heavy atom. The van der Waals surface area contributed by atoms with Gasteiger partial charge in [-0.15, -0.1) is 21.5 Å². The van der Waals surface area contributed by atoms with Crippen molar-refractivity contribution in [1.82, 2.24) is 19.7 Å². The standard InChI is InChI=1S/C23H28N4OS2/c1-26(2)22(28)18-12-10-17(11-13-18)16-30-23-25-24-21(15-20-9-6-14-29-20)27(23)19-7-4-3-5-8-19/h6,9-14,19H,3-5,7-8,15-16H2,1-2H3. The number of hydrogen-bond donors (Lipinski definition) is 0. The van der Waals surface area contributed by atoms with Gasteiger partial charge in [0.15, 0.2) is 5.16 Å². The molecule has 5 nitrogen and oxygen atoms in total. The predicted octanol–water partition coefficient (Wildman–Crippen LogP) is 5.43. The van der Waals surface area contributed by atoms with E-state index < -0.39 is 0 Å². The molecule has 0 saturated heterocycles. The van der Waals surface area contributed by atoms with E-state index in [9.17, 15) is 4.79 Å². The van der Waals surface area contributed by atoms with Gasteiger partial charge >= 0.3 is 0 Å². The van der Waals surface area contributed by atoms with Gasteiger partial charge in [-0.3, -0.25) is 4.79 Å². The van der Waals surface area contributed by atoms with E-state index in [1.54, 1.807) is 42.1 Å². The quantitative estimate of drug-likeness (QED) is 0.460. The van der Waals surface area contributed by atoms with Gasteiger partial charge in [-0.05, 0) is 42.0 Å². The monoisotopic (exact) mass is 440 g/mol. The molecule has 1 saturated carbocycles. The number of hydrogen-bond acceptors (Lipinski definition) is 5. The molecule has 1 aliphatic rings. The van der Waals surface area contributed by atoms with Crippen LogP contribution < -0.4 is 0 Å². The molecule has 1 fully saturated rings. The topological polar surface area (TPSA) is 51.0 Å². The molecule has 0 N–H and O–H groups in total. The average Bonchev–Trinajstić information content (AvgIpc) is 3.43. The van der Waals surface area contributed by atoms with Crippen LogP contribution in [0.15, 0.2) is 46.9 Å². The number of amides is 1. The molecular formula is C23H28N4OS2. The lowest BCUT2D eigenvalue weighted by Gasteiger charge is -2.25. The normalized spacial score (nSPS) is 14.7. The number of aromatic nitrogens is 3. The van der Waals surface area contributed by atoms with Crippen LogP contribution in [0.4, 0.5) is 0 Å². The number of carbonyl (C=O) groups excluding carboxylic acids is 1. The highest BCUT2D eigenvalue weighted by atomic mass is 32.2. The van der Waals surface area contributed by atoms with Gasteiger partial charge in [0.25, 0.3) is 5.91 Å². The number of nitrogens with zero attached hydrogens (tertiary/aromatic N) is 4. The minimum absolute atomic E-state index is 0.0319. The summed E-state index contributed by atoms with van der Waals surface area (Å²) in [5, 5.41) is 12.3. The van der Waals surface area contributed by atoms with Gasteiger partial charge in [0, 0.05) is 42.8 Å². The Kier molecular flexibility index (Phi) is 6.89. The van der Waals surface area contributed by atoms with Crippen LogP contribution in [0.2, 0.25) is 0 Å². The third-order valence-corrected chi connectivity index (χ3v) is 7.45. The molecule has 1 aromatic carbocycles. The molecule has 0 aliphatic heterocycles. The summed E-state index contributed by atoms with van der Waals surface area (Å²) in [5.41, 5.74) is 1.91. The van der Waals surface area contributed by atoms with Crippen LogP contribution in [-0.2, 0) is 12.2 Å². The molecule has 7 heteroatoms. The maximum atomic E-state index is 12.1. The molecule has 1 amide bonds. The molecule has 1 aliphatic carbocycles. The molecule has 0 bridgehead atoms. The Morgan fingerprint density at radius 2 is 1.90 bits per heavy atom. The highest BCUT2D eigenvalue weighted by molar-refractivity contribution is 7.98. The number of carbonyl (C=O) groups is 1. The smallest absolute Gasteiger partial charge is 0.253 e. The highest BCUT2D eigenvalue weighted by Crippen LogP contribution is 2.34. The molecule has 30 heavy (non-hydrogen) atoms. The van der Waals surface area contributed by atoms with E-state index in [2.05, 4.69) is 32.3 Å². The Balaban J connectivity index is 1.50. The number of thiophene rings is 1. The summed E-state index contributed by atoms with van der Waals surface area (Å²) in [6.07, 6.45) is 7.18. The van der Waals surface area contributed by atoms with Crippen LogP contribution >= 0.6 is 23.1 Å². The van der Waals surface area contributed by atoms with E-state index in [1.165, 1.54) is 42.5 Å². The molecule has 3 aromatic rings. The van der Waals surface area contributed by atoms with Crippen molar-refractivity contribution < 1.29 is 4.79 Å². The van der Waals surface area contributed by atoms with E-state index in [1.807, 2.05) is 24.3 Å². The van der Waals surface area contributed by atoms with Crippen LogP contribution in [-0.4, -0.2) is 39.7 Å². The largest absolute Gasteiger partial charge is 0.345 e. The molecule has 4 rings (SSSR count). The fraction of sp³-hybridized carbons (Fsp3) is 0.435. The summed E-state index contributed by atoms with van der Waals surface area (Å²) >= 11 is 3.52. The van der Waals surface area contributed by atoms with E-state index in [0.29, 0.717) is 6.04 Å². The van der Waals surface area contributed by atoms with Crippen molar-refractivity contribution in [3.05, 3.63) is 63.6 Å². The molecule has 0 atom stereocenters. The van der Waals surface area contributed by atoms with Gasteiger partial charge < -0.3 is 9.47 Å². The first-order chi connectivity index (χ1) is 14.6. The highest BCUT2D eigenvalue weighted by Gasteiger charge is 2.23. The minimum Gasteiger partial charge on any atom is -0.345 e.